The van der Waals surface area contributed by atoms with Gasteiger partial charge in [-0.05, 0) is 41.2 Å². The Morgan fingerprint density at radius 3 is 2.79 bits per heavy atom. The third-order valence-electron chi connectivity index (χ3n) is 4.11. The fourth-order valence-electron chi connectivity index (χ4n) is 2.83. The molecular weight excluding hydrogens is 342 g/mol. The Bertz CT molecular complexity index is 714. The summed E-state index contributed by atoms with van der Waals surface area (Å²) in [6, 6.07) is 11.5. The Morgan fingerprint density at radius 1 is 1.25 bits per heavy atom. The van der Waals surface area contributed by atoms with Crippen LogP contribution in [-0.4, -0.2) is 29.3 Å². The minimum absolute atomic E-state index is 0.0846. The number of rotatable bonds is 6. The molecule has 0 spiro atoms. The first-order chi connectivity index (χ1) is 11.6. The molecule has 0 bridgehead atoms. The average Bonchev–Trinajstić information content (AvgIpc) is 3.07. The van der Waals surface area contributed by atoms with Gasteiger partial charge in [-0.2, -0.15) is 0 Å². The molecule has 2 atom stereocenters. The number of benzene rings is 1. The standard InChI is InChI=1S/C18H19NO3S2/c20-17(16-14-6-8-23-15(14)7-9-24-16)19-11-13(18(21)22)10-12-4-2-1-3-5-12/h1-6,8,13,16H,7,9-11H2,(H,19,20)(H,21,22). The van der Waals surface area contributed by atoms with Gasteiger partial charge < -0.3 is 10.4 Å². The molecule has 2 heterocycles. The molecule has 2 N–H and O–H groups in total. The fourth-order valence-corrected chi connectivity index (χ4v) is 5.14. The van der Waals surface area contributed by atoms with Gasteiger partial charge in [0.15, 0.2) is 0 Å². The number of carboxylic acid groups (broad SMARTS) is 1. The molecule has 0 saturated heterocycles. The minimum atomic E-state index is -0.883. The van der Waals surface area contributed by atoms with Crippen molar-refractivity contribution in [1.82, 2.24) is 5.32 Å². The highest BCUT2D eigenvalue weighted by Gasteiger charge is 2.29. The van der Waals surface area contributed by atoms with Crippen molar-refractivity contribution in [2.24, 2.45) is 5.92 Å². The number of nitrogens with one attached hydrogen (secondary N) is 1. The summed E-state index contributed by atoms with van der Waals surface area (Å²) in [6.07, 6.45) is 1.42. The van der Waals surface area contributed by atoms with E-state index in [9.17, 15) is 14.7 Å². The number of carbonyl (C=O) groups excluding carboxylic acids is 1. The van der Waals surface area contributed by atoms with Crippen molar-refractivity contribution in [3.63, 3.8) is 0 Å². The zero-order valence-electron chi connectivity index (χ0n) is 13.1. The zero-order valence-corrected chi connectivity index (χ0v) is 14.7. The SMILES string of the molecule is O=C(O)C(CNC(=O)C1SCCc2sccc21)Cc1ccccc1. The van der Waals surface area contributed by atoms with Crippen molar-refractivity contribution in [2.75, 3.05) is 12.3 Å². The quantitative estimate of drug-likeness (QED) is 0.829. The molecule has 6 heteroatoms. The monoisotopic (exact) mass is 361 g/mol. The normalized spacial score (nSPS) is 17.8. The first-order valence-electron chi connectivity index (χ1n) is 7.87. The Morgan fingerprint density at radius 2 is 2.04 bits per heavy atom. The lowest BCUT2D eigenvalue weighted by molar-refractivity contribution is -0.141. The second-order valence-electron chi connectivity index (χ2n) is 5.77. The highest BCUT2D eigenvalue weighted by molar-refractivity contribution is 8.00. The summed E-state index contributed by atoms with van der Waals surface area (Å²) in [5.74, 6) is -0.657. The summed E-state index contributed by atoms with van der Waals surface area (Å²) < 4.78 is 0. The van der Waals surface area contributed by atoms with Crippen LogP contribution >= 0.6 is 23.1 Å². The second kappa shape index (κ2) is 7.85. The molecule has 0 fully saturated rings. The summed E-state index contributed by atoms with van der Waals surface area (Å²) in [5.41, 5.74) is 2.05. The Kier molecular flexibility index (Phi) is 5.58. The first kappa shape index (κ1) is 17.0. The molecule has 0 radical (unpaired) electrons. The average molecular weight is 361 g/mol. The van der Waals surface area contributed by atoms with E-state index >= 15 is 0 Å². The van der Waals surface area contributed by atoms with Crippen molar-refractivity contribution in [3.05, 3.63) is 57.8 Å². The fraction of sp³-hybridized carbons (Fsp3) is 0.333. The molecule has 1 aliphatic rings. The van der Waals surface area contributed by atoms with Crippen molar-refractivity contribution < 1.29 is 14.7 Å². The predicted molar refractivity (Wildman–Crippen MR) is 97.5 cm³/mol. The minimum Gasteiger partial charge on any atom is -0.481 e. The van der Waals surface area contributed by atoms with Crippen LogP contribution in [0.25, 0.3) is 0 Å². The first-order valence-corrected chi connectivity index (χ1v) is 9.80. The number of carboxylic acids is 1. The lowest BCUT2D eigenvalue weighted by atomic mass is 9.99. The molecule has 126 valence electrons. The van der Waals surface area contributed by atoms with E-state index in [1.165, 1.54) is 4.88 Å². The van der Waals surface area contributed by atoms with Crippen LogP contribution in [-0.2, 0) is 22.4 Å². The third kappa shape index (κ3) is 3.99. The van der Waals surface area contributed by atoms with Crippen LogP contribution in [0.3, 0.4) is 0 Å². The van der Waals surface area contributed by atoms with Crippen molar-refractivity contribution >= 4 is 35.0 Å². The summed E-state index contributed by atoms with van der Waals surface area (Å²) in [5, 5.41) is 14.1. The van der Waals surface area contributed by atoms with Gasteiger partial charge in [0.05, 0.1) is 5.92 Å². The maximum Gasteiger partial charge on any atom is 0.308 e. The van der Waals surface area contributed by atoms with Gasteiger partial charge in [-0.3, -0.25) is 9.59 Å². The Balaban J connectivity index is 1.61. The maximum atomic E-state index is 12.5. The molecule has 24 heavy (non-hydrogen) atoms. The van der Waals surface area contributed by atoms with Crippen LogP contribution in [0.2, 0.25) is 0 Å². The van der Waals surface area contributed by atoms with Gasteiger partial charge in [-0.25, -0.2) is 0 Å². The molecule has 1 amide bonds. The van der Waals surface area contributed by atoms with E-state index in [0.717, 1.165) is 23.3 Å². The van der Waals surface area contributed by atoms with Gasteiger partial charge in [0.25, 0.3) is 0 Å². The lowest BCUT2D eigenvalue weighted by Crippen LogP contribution is -2.36. The Labute approximate surface area is 149 Å². The van der Waals surface area contributed by atoms with Crippen LogP contribution in [0.1, 0.15) is 21.3 Å². The summed E-state index contributed by atoms with van der Waals surface area (Å²) in [4.78, 5) is 25.3. The number of fused-ring (bicyclic) bond motifs is 1. The smallest absolute Gasteiger partial charge is 0.308 e. The molecule has 0 saturated carbocycles. The van der Waals surface area contributed by atoms with Crippen molar-refractivity contribution in [1.29, 1.82) is 0 Å². The summed E-state index contributed by atoms with van der Waals surface area (Å²) in [7, 11) is 0. The van der Waals surface area contributed by atoms with E-state index in [4.69, 9.17) is 0 Å². The largest absolute Gasteiger partial charge is 0.481 e. The van der Waals surface area contributed by atoms with E-state index in [1.807, 2.05) is 41.8 Å². The number of aliphatic carboxylic acids is 1. The topological polar surface area (TPSA) is 66.4 Å². The third-order valence-corrected chi connectivity index (χ3v) is 6.35. The van der Waals surface area contributed by atoms with Gasteiger partial charge in [-0.15, -0.1) is 23.1 Å². The van der Waals surface area contributed by atoms with E-state index < -0.39 is 11.9 Å². The van der Waals surface area contributed by atoms with Gasteiger partial charge in [-0.1, -0.05) is 30.3 Å². The maximum absolute atomic E-state index is 12.5. The number of thioether (sulfide) groups is 1. The summed E-state index contributed by atoms with van der Waals surface area (Å²) >= 11 is 3.32. The van der Waals surface area contributed by atoms with Crippen LogP contribution in [0.4, 0.5) is 0 Å². The van der Waals surface area contributed by atoms with Gasteiger partial charge in [0.2, 0.25) is 5.91 Å². The van der Waals surface area contributed by atoms with Gasteiger partial charge >= 0.3 is 5.97 Å². The van der Waals surface area contributed by atoms with Crippen LogP contribution in [0.5, 0.6) is 0 Å². The molecule has 1 aromatic carbocycles. The molecule has 1 aromatic heterocycles. The molecule has 0 aliphatic carbocycles. The van der Waals surface area contributed by atoms with Crippen LogP contribution in [0.15, 0.2) is 41.8 Å². The van der Waals surface area contributed by atoms with E-state index in [-0.39, 0.29) is 17.7 Å². The van der Waals surface area contributed by atoms with E-state index in [1.54, 1.807) is 23.1 Å². The van der Waals surface area contributed by atoms with Crippen LogP contribution in [0, 0.1) is 5.92 Å². The molecule has 3 rings (SSSR count). The van der Waals surface area contributed by atoms with Crippen molar-refractivity contribution in [3.8, 4) is 0 Å². The van der Waals surface area contributed by atoms with E-state index in [0.29, 0.717) is 6.42 Å². The van der Waals surface area contributed by atoms with Crippen molar-refractivity contribution in [2.45, 2.75) is 18.1 Å². The highest BCUT2D eigenvalue weighted by Crippen LogP contribution is 2.39. The second-order valence-corrected chi connectivity index (χ2v) is 7.98. The van der Waals surface area contributed by atoms with Gasteiger partial charge in [0.1, 0.15) is 5.25 Å². The molecule has 2 aromatic rings. The van der Waals surface area contributed by atoms with Gasteiger partial charge in [0, 0.05) is 11.4 Å². The summed E-state index contributed by atoms with van der Waals surface area (Å²) in [6.45, 7) is 0.152. The molecule has 1 aliphatic heterocycles. The number of thiophene rings is 1. The Hall–Kier alpha value is -1.79. The highest BCUT2D eigenvalue weighted by atomic mass is 32.2. The molecular formula is C18H19NO3S2. The predicted octanol–water partition coefficient (Wildman–Crippen LogP) is 3.14. The number of hydrogen-bond donors (Lipinski definition) is 2. The zero-order chi connectivity index (χ0) is 16.9. The number of amides is 1. The number of aryl methyl sites for hydroxylation is 1. The number of hydrogen-bond acceptors (Lipinski definition) is 4. The molecule has 4 nitrogen and oxygen atoms in total. The van der Waals surface area contributed by atoms with Crippen LogP contribution < -0.4 is 5.32 Å². The number of carbonyl (C=O) groups is 2. The molecule has 2 unspecified atom stereocenters. The lowest BCUT2D eigenvalue weighted by Gasteiger charge is -2.22. The van der Waals surface area contributed by atoms with E-state index in [2.05, 4.69) is 5.32 Å².